The largest absolute Gasteiger partial charge is 0.453 e. The standard InChI is InChI=1S/C13H9N3O3S/c17-12-11-8(4-6-20-11)15-10(16-12)7-19-13(18)9-3-1-2-5-14-9/h1-6H,7H2,(H,15,16,17). The highest BCUT2D eigenvalue weighted by atomic mass is 32.1. The lowest BCUT2D eigenvalue weighted by molar-refractivity contribution is 0.0455. The first kappa shape index (κ1) is 12.5. The van der Waals surface area contributed by atoms with Crippen LogP contribution in [-0.2, 0) is 11.3 Å². The smallest absolute Gasteiger partial charge is 0.357 e. The van der Waals surface area contributed by atoms with Gasteiger partial charge in [-0.15, -0.1) is 11.3 Å². The van der Waals surface area contributed by atoms with E-state index in [-0.39, 0.29) is 17.9 Å². The number of nitrogens with zero attached hydrogens (tertiary/aromatic N) is 2. The molecule has 0 fully saturated rings. The van der Waals surface area contributed by atoms with Gasteiger partial charge in [0, 0.05) is 6.20 Å². The molecule has 3 aromatic heterocycles. The van der Waals surface area contributed by atoms with Crippen molar-refractivity contribution in [3.63, 3.8) is 0 Å². The number of ether oxygens (including phenoxy) is 1. The van der Waals surface area contributed by atoms with Gasteiger partial charge in [-0.1, -0.05) is 6.07 Å². The van der Waals surface area contributed by atoms with Crippen molar-refractivity contribution in [1.82, 2.24) is 15.0 Å². The molecular formula is C13H9N3O3S. The van der Waals surface area contributed by atoms with Crippen LogP contribution in [0.3, 0.4) is 0 Å². The lowest BCUT2D eigenvalue weighted by Crippen LogP contribution is -2.14. The second-order valence-corrected chi connectivity index (χ2v) is 4.85. The van der Waals surface area contributed by atoms with Crippen molar-refractivity contribution in [2.24, 2.45) is 0 Å². The third-order valence-corrected chi connectivity index (χ3v) is 3.48. The fourth-order valence-corrected chi connectivity index (χ4v) is 2.41. The van der Waals surface area contributed by atoms with Gasteiger partial charge >= 0.3 is 5.97 Å². The lowest BCUT2D eigenvalue weighted by Gasteiger charge is -2.03. The maximum atomic E-state index is 11.7. The zero-order chi connectivity index (χ0) is 13.9. The Morgan fingerprint density at radius 3 is 3.05 bits per heavy atom. The Hall–Kier alpha value is -2.54. The molecule has 3 heterocycles. The molecule has 100 valence electrons. The summed E-state index contributed by atoms with van der Waals surface area (Å²) in [5.74, 6) is -0.246. The molecule has 0 saturated heterocycles. The number of carbonyl (C=O) groups excluding carboxylic acids is 1. The van der Waals surface area contributed by atoms with Crippen LogP contribution in [0.15, 0.2) is 40.6 Å². The van der Waals surface area contributed by atoms with Gasteiger partial charge in [-0.05, 0) is 23.6 Å². The van der Waals surface area contributed by atoms with E-state index < -0.39 is 5.97 Å². The minimum absolute atomic E-state index is 0.101. The highest BCUT2D eigenvalue weighted by Crippen LogP contribution is 2.13. The Kier molecular flexibility index (Phi) is 3.26. The molecule has 3 aromatic rings. The number of aromatic amines is 1. The van der Waals surface area contributed by atoms with Crippen molar-refractivity contribution in [1.29, 1.82) is 0 Å². The molecule has 3 rings (SSSR count). The number of rotatable bonds is 3. The van der Waals surface area contributed by atoms with Gasteiger partial charge in [0.2, 0.25) is 0 Å². The second-order valence-electron chi connectivity index (χ2n) is 3.94. The number of pyridine rings is 1. The summed E-state index contributed by atoms with van der Waals surface area (Å²) < 4.78 is 5.62. The molecule has 0 aliphatic heterocycles. The van der Waals surface area contributed by atoms with Crippen LogP contribution in [0.4, 0.5) is 0 Å². The lowest BCUT2D eigenvalue weighted by atomic mass is 10.3. The van der Waals surface area contributed by atoms with Gasteiger partial charge in [0.1, 0.15) is 22.8 Å². The van der Waals surface area contributed by atoms with E-state index in [9.17, 15) is 9.59 Å². The molecule has 6 nitrogen and oxygen atoms in total. The number of aromatic nitrogens is 3. The summed E-state index contributed by atoms with van der Waals surface area (Å²) in [6, 6.07) is 6.71. The summed E-state index contributed by atoms with van der Waals surface area (Å²) >= 11 is 1.32. The average Bonchev–Trinajstić information content (AvgIpc) is 2.94. The van der Waals surface area contributed by atoms with E-state index in [0.717, 1.165) is 0 Å². The molecule has 7 heteroatoms. The van der Waals surface area contributed by atoms with Crippen LogP contribution in [0.5, 0.6) is 0 Å². The quantitative estimate of drug-likeness (QED) is 0.742. The molecule has 0 amide bonds. The van der Waals surface area contributed by atoms with Gasteiger partial charge in [0.05, 0.1) is 5.52 Å². The Morgan fingerprint density at radius 2 is 2.25 bits per heavy atom. The second kappa shape index (κ2) is 5.22. The molecule has 1 N–H and O–H groups in total. The van der Waals surface area contributed by atoms with Crippen LogP contribution in [0.1, 0.15) is 16.3 Å². The number of esters is 1. The molecule has 0 atom stereocenters. The molecular weight excluding hydrogens is 278 g/mol. The maximum absolute atomic E-state index is 11.7. The number of nitrogens with one attached hydrogen (secondary N) is 1. The van der Waals surface area contributed by atoms with E-state index in [0.29, 0.717) is 16.0 Å². The molecule has 0 saturated carbocycles. The summed E-state index contributed by atoms with van der Waals surface area (Å²) in [4.78, 5) is 34.1. The fourth-order valence-electron chi connectivity index (χ4n) is 1.68. The zero-order valence-corrected chi connectivity index (χ0v) is 11.0. The van der Waals surface area contributed by atoms with E-state index in [4.69, 9.17) is 4.74 Å². The first-order valence-corrected chi connectivity index (χ1v) is 6.66. The van der Waals surface area contributed by atoms with Gasteiger partial charge in [-0.3, -0.25) is 4.79 Å². The molecule has 0 aliphatic carbocycles. The summed E-state index contributed by atoms with van der Waals surface area (Å²) in [6.45, 7) is -0.101. The summed E-state index contributed by atoms with van der Waals surface area (Å²) in [5.41, 5.74) is 0.586. The van der Waals surface area contributed by atoms with Crippen molar-refractivity contribution in [2.75, 3.05) is 0 Å². The fraction of sp³-hybridized carbons (Fsp3) is 0.0769. The van der Waals surface area contributed by atoms with E-state index in [1.165, 1.54) is 17.5 Å². The summed E-state index contributed by atoms with van der Waals surface area (Å²) in [5, 5.41) is 1.79. The minimum Gasteiger partial charge on any atom is -0.453 e. The molecule has 0 unspecified atom stereocenters. The van der Waals surface area contributed by atoms with Gasteiger partial charge in [-0.25, -0.2) is 14.8 Å². The summed E-state index contributed by atoms with van der Waals surface area (Å²) in [6.07, 6.45) is 1.51. The highest BCUT2D eigenvalue weighted by molar-refractivity contribution is 7.17. The van der Waals surface area contributed by atoms with Crippen molar-refractivity contribution < 1.29 is 9.53 Å². The van der Waals surface area contributed by atoms with Crippen molar-refractivity contribution in [3.05, 3.63) is 57.7 Å². The van der Waals surface area contributed by atoms with Gasteiger partial charge in [-0.2, -0.15) is 0 Å². The Balaban J connectivity index is 1.77. The normalized spacial score (nSPS) is 10.6. The molecule has 0 aromatic carbocycles. The van der Waals surface area contributed by atoms with Gasteiger partial charge < -0.3 is 9.72 Å². The maximum Gasteiger partial charge on any atom is 0.357 e. The van der Waals surface area contributed by atoms with E-state index in [1.807, 2.05) is 0 Å². The first-order chi connectivity index (χ1) is 9.74. The predicted molar refractivity (Wildman–Crippen MR) is 73.6 cm³/mol. The predicted octanol–water partition coefficient (Wildman–Crippen LogP) is 1.74. The SMILES string of the molecule is O=C(OCc1nc2ccsc2c(=O)[nH]1)c1ccccn1. The monoisotopic (exact) mass is 287 g/mol. The third kappa shape index (κ3) is 2.43. The number of hydrogen-bond acceptors (Lipinski definition) is 6. The molecule has 0 radical (unpaired) electrons. The van der Waals surface area contributed by atoms with Crippen LogP contribution >= 0.6 is 11.3 Å². The molecule has 0 aliphatic rings. The van der Waals surface area contributed by atoms with Crippen LogP contribution in [0, 0.1) is 0 Å². The van der Waals surface area contributed by atoms with Crippen molar-refractivity contribution >= 4 is 27.5 Å². The topological polar surface area (TPSA) is 84.9 Å². The number of hydrogen-bond donors (Lipinski definition) is 1. The zero-order valence-electron chi connectivity index (χ0n) is 10.2. The number of fused-ring (bicyclic) bond motifs is 1. The third-order valence-electron chi connectivity index (χ3n) is 2.58. The van der Waals surface area contributed by atoms with Crippen LogP contribution < -0.4 is 5.56 Å². The number of carbonyl (C=O) groups is 1. The van der Waals surface area contributed by atoms with E-state index in [2.05, 4.69) is 15.0 Å². The first-order valence-electron chi connectivity index (χ1n) is 5.78. The van der Waals surface area contributed by atoms with Crippen LogP contribution in [0.2, 0.25) is 0 Å². The van der Waals surface area contributed by atoms with Crippen LogP contribution in [-0.4, -0.2) is 20.9 Å². The van der Waals surface area contributed by atoms with Crippen molar-refractivity contribution in [2.45, 2.75) is 6.61 Å². The van der Waals surface area contributed by atoms with E-state index in [1.54, 1.807) is 29.6 Å². The van der Waals surface area contributed by atoms with Gasteiger partial charge in [0.25, 0.3) is 5.56 Å². The highest BCUT2D eigenvalue weighted by Gasteiger charge is 2.10. The molecule has 0 spiro atoms. The van der Waals surface area contributed by atoms with E-state index >= 15 is 0 Å². The summed E-state index contributed by atoms with van der Waals surface area (Å²) in [7, 11) is 0. The van der Waals surface area contributed by atoms with Crippen LogP contribution in [0.25, 0.3) is 10.2 Å². The Labute approximate surface area is 117 Å². The Bertz CT molecular complexity index is 810. The van der Waals surface area contributed by atoms with Gasteiger partial charge in [0.15, 0.2) is 0 Å². The number of thiophene rings is 1. The number of H-pyrrole nitrogens is 1. The molecule has 20 heavy (non-hydrogen) atoms. The van der Waals surface area contributed by atoms with Crippen molar-refractivity contribution in [3.8, 4) is 0 Å². The molecule has 0 bridgehead atoms. The minimum atomic E-state index is -0.557. The Morgan fingerprint density at radius 1 is 1.35 bits per heavy atom. The average molecular weight is 287 g/mol.